The molecule has 2 aromatic rings. The van der Waals surface area contributed by atoms with Gasteiger partial charge in [-0.2, -0.15) is 5.10 Å². The van der Waals surface area contributed by atoms with Crippen molar-refractivity contribution in [3.05, 3.63) is 36.2 Å². The van der Waals surface area contributed by atoms with Crippen LogP contribution in [-0.4, -0.2) is 20.0 Å². The second kappa shape index (κ2) is 3.74. The fourth-order valence-electron chi connectivity index (χ4n) is 1.53. The molecular formula is C11H12N2O2. The van der Waals surface area contributed by atoms with Crippen molar-refractivity contribution in [2.24, 2.45) is 7.05 Å². The van der Waals surface area contributed by atoms with Crippen LogP contribution in [0.5, 0.6) is 5.75 Å². The molecule has 1 aromatic heterocycles. The fraction of sp³-hybridized carbons (Fsp3) is 0.182. The molecule has 4 heteroatoms. The van der Waals surface area contributed by atoms with Gasteiger partial charge in [-0.15, -0.1) is 0 Å². The van der Waals surface area contributed by atoms with Crippen LogP contribution in [0, 0.1) is 0 Å². The van der Waals surface area contributed by atoms with Gasteiger partial charge in [-0.1, -0.05) is 12.1 Å². The monoisotopic (exact) mass is 204 g/mol. The predicted molar refractivity (Wildman–Crippen MR) is 56.2 cm³/mol. The lowest BCUT2D eigenvalue weighted by molar-refractivity contribution is 0.276. The summed E-state index contributed by atoms with van der Waals surface area (Å²) in [5, 5.41) is 22.4. The summed E-state index contributed by atoms with van der Waals surface area (Å²) >= 11 is 0. The summed E-state index contributed by atoms with van der Waals surface area (Å²) in [5.74, 6) is 0.230. The highest BCUT2D eigenvalue weighted by Gasteiger charge is 2.08. The Bertz CT molecular complexity index is 460. The van der Waals surface area contributed by atoms with Crippen LogP contribution < -0.4 is 0 Å². The molecule has 0 aliphatic heterocycles. The van der Waals surface area contributed by atoms with Crippen LogP contribution in [-0.2, 0) is 13.7 Å². The molecule has 2 rings (SSSR count). The van der Waals surface area contributed by atoms with Crippen LogP contribution in [0.3, 0.4) is 0 Å². The minimum absolute atomic E-state index is 0.0863. The van der Waals surface area contributed by atoms with Gasteiger partial charge in [-0.25, -0.2) is 0 Å². The summed E-state index contributed by atoms with van der Waals surface area (Å²) in [6.45, 7) is -0.0863. The average molecular weight is 204 g/mol. The van der Waals surface area contributed by atoms with Gasteiger partial charge in [0.25, 0.3) is 0 Å². The van der Waals surface area contributed by atoms with E-state index in [0.29, 0.717) is 5.69 Å². The molecular weight excluding hydrogens is 192 g/mol. The Labute approximate surface area is 87.4 Å². The van der Waals surface area contributed by atoms with Crippen LogP contribution in [0.15, 0.2) is 30.5 Å². The van der Waals surface area contributed by atoms with E-state index < -0.39 is 0 Å². The maximum Gasteiger partial charge on any atom is 0.115 e. The van der Waals surface area contributed by atoms with Gasteiger partial charge in [0, 0.05) is 18.8 Å². The smallest absolute Gasteiger partial charge is 0.115 e. The van der Waals surface area contributed by atoms with Gasteiger partial charge in [0.05, 0.1) is 12.3 Å². The Morgan fingerprint density at radius 3 is 2.53 bits per heavy atom. The molecule has 0 spiro atoms. The molecule has 4 nitrogen and oxygen atoms in total. The van der Waals surface area contributed by atoms with Crippen molar-refractivity contribution in [3.8, 4) is 16.9 Å². The lowest BCUT2D eigenvalue weighted by atomic mass is 10.1. The minimum Gasteiger partial charge on any atom is -0.508 e. The quantitative estimate of drug-likeness (QED) is 0.774. The number of aromatic hydroxyl groups is 1. The largest absolute Gasteiger partial charge is 0.508 e. The number of hydrogen-bond acceptors (Lipinski definition) is 3. The molecule has 0 bridgehead atoms. The molecule has 0 aliphatic carbocycles. The third-order valence-corrected chi connectivity index (χ3v) is 2.23. The number of aliphatic hydroxyl groups is 1. The highest BCUT2D eigenvalue weighted by atomic mass is 16.3. The number of nitrogens with zero attached hydrogens (tertiary/aromatic N) is 2. The van der Waals surface area contributed by atoms with E-state index in [4.69, 9.17) is 10.2 Å². The topological polar surface area (TPSA) is 58.3 Å². The zero-order chi connectivity index (χ0) is 10.8. The molecule has 1 aromatic carbocycles. The average Bonchev–Trinajstić information content (AvgIpc) is 2.61. The Morgan fingerprint density at radius 2 is 1.93 bits per heavy atom. The molecule has 0 saturated heterocycles. The SMILES string of the molecule is Cn1cc(-c2ccc(O)cc2)c(CO)n1. The molecule has 0 atom stereocenters. The second-order valence-electron chi connectivity index (χ2n) is 3.37. The van der Waals surface area contributed by atoms with Gasteiger partial charge in [0.2, 0.25) is 0 Å². The Balaban J connectivity index is 2.48. The molecule has 0 amide bonds. The molecule has 0 saturated carbocycles. The predicted octanol–water partition coefficient (Wildman–Crippen LogP) is 1.28. The number of aliphatic hydroxyl groups excluding tert-OH is 1. The van der Waals surface area contributed by atoms with E-state index in [-0.39, 0.29) is 12.4 Å². The van der Waals surface area contributed by atoms with Gasteiger partial charge >= 0.3 is 0 Å². The maximum atomic E-state index is 9.17. The van der Waals surface area contributed by atoms with E-state index in [0.717, 1.165) is 11.1 Å². The van der Waals surface area contributed by atoms with Crippen molar-refractivity contribution in [2.45, 2.75) is 6.61 Å². The Hall–Kier alpha value is -1.81. The number of hydrogen-bond donors (Lipinski definition) is 2. The van der Waals surface area contributed by atoms with Crippen molar-refractivity contribution in [3.63, 3.8) is 0 Å². The van der Waals surface area contributed by atoms with Gasteiger partial charge in [0.1, 0.15) is 5.75 Å². The molecule has 0 aliphatic rings. The molecule has 2 N–H and O–H groups in total. The molecule has 15 heavy (non-hydrogen) atoms. The van der Waals surface area contributed by atoms with Gasteiger partial charge in [-0.05, 0) is 17.7 Å². The normalized spacial score (nSPS) is 10.5. The summed E-state index contributed by atoms with van der Waals surface area (Å²) in [6, 6.07) is 6.82. The van der Waals surface area contributed by atoms with E-state index in [2.05, 4.69) is 5.10 Å². The molecule has 0 radical (unpaired) electrons. The first-order chi connectivity index (χ1) is 7.20. The number of aryl methyl sites for hydroxylation is 1. The van der Waals surface area contributed by atoms with E-state index >= 15 is 0 Å². The van der Waals surface area contributed by atoms with Crippen molar-refractivity contribution >= 4 is 0 Å². The second-order valence-corrected chi connectivity index (χ2v) is 3.37. The standard InChI is InChI=1S/C11H12N2O2/c1-13-6-10(11(7-14)12-13)8-2-4-9(15)5-3-8/h2-6,14-15H,7H2,1H3. The third-order valence-electron chi connectivity index (χ3n) is 2.23. The Kier molecular flexibility index (Phi) is 2.43. The van der Waals surface area contributed by atoms with Crippen molar-refractivity contribution in [1.82, 2.24) is 9.78 Å². The number of aromatic nitrogens is 2. The number of benzene rings is 1. The highest BCUT2D eigenvalue weighted by molar-refractivity contribution is 5.65. The van der Waals surface area contributed by atoms with Crippen molar-refractivity contribution in [1.29, 1.82) is 0 Å². The summed E-state index contributed by atoms with van der Waals surface area (Å²) in [4.78, 5) is 0. The van der Waals surface area contributed by atoms with Crippen LogP contribution in [0.25, 0.3) is 11.1 Å². The summed E-state index contributed by atoms with van der Waals surface area (Å²) in [5.41, 5.74) is 2.47. The zero-order valence-electron chi connectivity index (χ0n) is 8.38. The van der Waals surface area contributed by atoms with Crippen LogP contribution in [0.4, 0.5) is 0 Å². The van der Waals surface area contributed by atoms with Gasteiger partial charge < -0.3 is 10.2 Å². The summed E-state index contributed by atoms with van der Waals surface area (Å²) in [7, 11) is 1.81. The fourth-order valence-corrected chi connectivity index (χ4v) is 1.53. The highest BCUT2D eigenvalue weighted by Crippen LogP contribution is 2.24. The van der Waals surface area contributed by atoms with E-state index in [1.54, 1.807) is 28.9 Å². The first kappa shape index (κ1) is 9.73. The maximum absolute atomic E-state index is 9.17. The zero-order valence-corrected chi connectivity index (χ0v) is 8.38. The summed E-state index contributed by atoms with van der Waals surface area (Å²) in [6.07, 6.45) is 1.85. The van der Waals surface area contributed by atoms with Crippen LogP contribution in [0.1, 0.15) is 5.69 Å². The van der Waals surface area contributed by atoms with Gasteiger partial charge in [0.15, 0.2) is 0 Å². The lowest BCUT2D eigenvalue weighted by Crippen LogP contribution is -1.90. The minimum atomic E-state index is -0.0863. The molecule has 78 valence electrons. The first-order valence-electron chi connectivity index (χ1n) is 4.63. The number of rotatable bonds is 2. The molecule has 0 fully saturated rings. The first-order valence-corrected chi connectivity index (χ1v) is 4.63. The van der Waals surface area contributed by atoms with E-state index in [1.165, 1.54) is 0 Å². The lowest BCUT2D eigenvalue weighted by Gasteiger charge is -1.99. The van der Waals surface area contributed by atoms with Crippen LogP contribution in [0.2, 0.25) is 0 Å². The van der Waals surface area contributed by atoms with E-state index in [9.17, 15) is 0 Å². The molecule has 0 unspecified atom stereocenters. The van der Waals surface area contributed by atoms with E-state index in [1.807, 2.05) is 13.2 Å². The molecule has 1 heterocycles. The van der Waals surface area contributed by atoms with Gasteiger partial charge in [-0.3, -0.25) is 4.68 Å². The van der Waals surface area contributed by atoms with Crippen molar-refractivity contribution in [2.75, 3.05) is 0 Å². The Morgan fingerprint density at radius 1 is 1.27 bits per heavy atom. The third kappa shape index (κ3) is 1.85. The number of phenols is 1. The van der Waals surface area contributed by atoms with Crippen LogP contribution >= 0.6 is 0 Å². The van der Waals surface area contributed by atoms with Crippen molar-refractivity contribution < 1.29 is 10.2 Å². The summed E-state index contributed by atoms with van der Waals surface area (Å²) < 4.78 is 1.66. The number of phenolic OH excluding ortho intramolecular Hbond substituents is 1.